The lowest BCUT2D eigenvalue weighted by atomic mass is 10.2. The van der Waals surface area contributed by atoms with Crippen molar-refractivity contribution in [3.05, 3.63) is 65.9 Å². The number of furan rings is 1. The predicted molar refractivity (Wildman–Crippen MR) is 93.5 cm³/mol. The molecule has 25 heavy (non-hydrogen) atoms. The van der Waals surface area contributed by atoms with Crippen LogP contribution in [0.1, 0.15) is 24.3 Å². The van der Waals surface area contributed by atoms with Gasteiger partial charge in [0, 0.05) is 18.5 Å². The number of nitrogens with one attached hydrogen (secondary N) is 1. The van der Waals surface area contributed by atoms with Gasteiger partial charge >= 0.3 is 6.03 Å². The molecule has 0 aliphatic rings. The van der Waals surface area contributed by atoms with Crippen LogP contribution in [0.4, 0.5) is 4.79 Å². The highest BCUT2D eigenvalue weighted by atomic mass is 16.5. The highest BCUT2D eigenvalue weighted by molar-refractivity contribution is 5.80. The molecule has 0 aliphatic heterocycles. The Bertz CT molecular complexity index is 860. The number of hydroxylamine groups is 2. The molecular weight excluding hydrogens is 320 g/mol. The zero-order chi connectivity index (χ0) is 17.8. The largest absolute Gasteiger partial charge is 0.489 e. The topological polar surface area (TPSA) is 74.9 Å². The van der Waals surface area contributed by atoms with Crippen molar-refractivity contribution >= 4 is 17.0 Å². The van der Waals surface area contributed by atoms with Crippen LogP contribution < -0.4 is 10.1 Å². The van der Waals surface area contributed by atoms with E-state index in [2.05, 4.69) is 5.32 Å². The summed E-state index contributed by atoms with van der Waals surface area (Å²) < 4.78 is 11.6. The Morgan fingerprint density at radius 2 is 2.00 bits per heavy atom. The lowest BCUT2D eigenvalue weighted by molar-refractivity contribution is -0.0786. The molecule has 1 aromatic heterocycles. The fourth-order valence-electron chi connectivity index (χ4n) is 2.48. The Hall–Kier alpha value is -2.99. The molecule has 2 N–H and O–H groups in total. The van der Waals surface area contributed by atoms with Crippen LogP contribution in [0.2, 0.25) is 0 Å². The van der Waals surface area contributed by atoms with Gasteiger partial charge in [0.25, 0.3) is 0 Å². The summed E-state index contributed by atoms with van der Waals surface area (Å²) in [4.78, 5) is 11.5. The summed E-state index contributed by atoms with van der Waals surface area (Å²) in [5, 5.41) is 13.7. The van der Waals surface area contributed by atoms with Gasteiger partial charge in [-0.25, -0.2) is 4.79 Å². The van der Waals surface area contributed by atoms with Gasteiger partial charge in [-0.1, -0.05) is 30.3 Å². The van der Waals surface area contributed by atoms with Crippen molar-refractivity contribution in [3.8, 4) is 5.75 Å². The number of benzene rings is 2. The van der Waals surface area contributed by atoms with E-state index in [1.807, 2.05) is 42.5 Å². The van der Waals surface area contributed by atoms with Crippen molar-refractivity contribution < 1.29 is 19.2 Å². The van der Waals surface area contributed by atoms with Crippen LogP contribution >= 0.6 is 0 Å². The SMILES string of the molecule is CNC(=O)N(O)C(C)c1cc2ccc(OCc3ccccc3)cc2o1. The maximum absolute atomic E-state index is 11.5. The molecule has 0 saturated heterocycles. The van der Waals surface area contributed by atoms with E-state index >= 15 is 0 Å². The van der Waals surface area contributed by atoms with Gasteiger partial charge in [-0.15, -0.1) is 0 Å². The van der Waals surface area contributed by atoms with E-state index in [4.69, 9.17) is 9.15 Å². The van der Waals surface area contributed by atoms with Gasteiger partial charge in [0.2, 0.25) is 0 Å². The summed E-state index contributed by atoms with van der Waals surface area (Å²) in [6, 6.07) is 16.0. The van der Waals surface area contributed by atoms with E-state index in [0.717, 1.165) is 10.9 Å². The lowest BCUT2D eigenvalue weighted by Gasteiger charge is -2.19. The summed E-state index contributed by atoms with van der Waals surface area (Å²) in [7, 11) is 1.45. The number of carbonyl (C=O) groups excluding carboxylic acids is 1. The number of ether oxygens (including phenoxy) is 1. The minimum Gasteiger partial charge on any atom is -0.489 e. The number of hydrogen-bond acceptors (Lipinski definition) is 4. The molecule has 1 atom stereocenters. The Kier molecular flexibility index (Phi) is 4.90. The van der Waals surface area contributed by atoms with Crippen LogP contribution in [0, 0.1) is 0 Å². The standard InChI is InChI=1S/C19H20N2O4/c1-13(21(23)19(22)20-2)17-10-15-8-9-16(11-18(15)25-17)24-12-14-6-4-3-5-7-14/h3-11,13,23H,12H2,1-2H3,(H,20,22). The maximum atomic E-state index is 11.5. The molecule has 3 aromatic rings. The highest BCUT2D eigenvalue weighted by Gasteiger charge is 2.22. The second-order valence-corrected chi connectivity index (χ2v) is 5.70. The zero-order valence-electron chi connectivity index (χ0n) is 14.1. The van der Waals surface area contributed by atoms with Crippen molar-refractivity contribution in [3.63, 3.8) is 0 Å². The summed E-state index contributed by atoms with van der Waals surface area (Å²) in [6.45, 7) is 2.15. The van der Waals surface area contributed by atoms with Crippen LogP contribution in [0.5, 0.6) is 5.75 Å². The first kappa shape index (κ1) is 16.9. The van der Waals surface area contributed by atoms with Gasteiger partial charge in [-0.2, -0.15) is 5.06 Å². The molecule has 1 unspecified atom stereocenters. The summed E-state index contributed by atoms with van der Waals surface area (Å²) >= 11 is 0. The van der Waals surface area contributed by atoms with E-state index < -0.39 is 12.1 Å². The average Bonchev–Trinajstić information content (AvgIpc) is 3.08. The molecule has 0 saturated carbocycles. The number of amides is 2. The average molecular weight is 340 g/mol. The molecule has 6 heteroatoms. The number of hydrogen-bond donors (Lipinski definition) is 2. The fourth-order valence-corrected chi connectivity index (χ4v) is 2.48. The van der Waals surface area contributed by atoms with E-state index in [1.54, 1.807) is 19.1 Å². The minimum atomic E-state index is -0.610. The first-order valence-corrected chi connectivity index (χ1v) is 7.98. The van der Waals surface area contributed by atoms with Gasteiger partial charge in [0.05, 0.1) is 0 Å². The molecule has 0 fully saturated rings. The van der Waals surface area contributed by atoms with Crippen LogP contribution in [-0.4, -0.2) is 23.3 Å². The summed E-state index contributed by atoms with van der Waals surface area (Å²) in [5.41, 5.74) is 1.72. The van der Waals surface area contributed by atoms with Gasteiger partial charge in [-0.05, 0) is 30.7 Å². The van der Waals surface area contributed by atoms with Gasteiger partial charge in [-0.3, -0.25) is 5.21 Å². The van der Waals surface area contributed by atoms with Gasteiger partial charge in [0.15, 0.2) is 0 Å². The molecule has 0 radical (unpaired) electrons. The van der Waals surface area contributed by atoms with Crippen LogP contribution in [0.15, 0.2) is 59.0 Å². The van der Waals surface area contributed by atoms with Gasteiger partial charge in [0.1, 0.15) is 29.7 Å². The molecule has 2 amide bonds. The molecular formula is C19H20N2O4. The van der Waals surface area contributed by atoms with Crippen LogP contribution in [-0.2, 0) is 6.61 Å². The van der Waals surface area contributed by atoms with E-state index in [1.165, 1.54) is 7.05 Å². The summed E-state index contributed by atoms with van der Waals surface area (Å²) in [6.07, 6.45) is 0. The molecule has 130 valence electrons. The van der Waals surface area contributed by atoms with Crippen molar-refractivity contribution in [1.82, 2.24) is 10.4 Å². The monoisotopic (exact) mass is 340 g/mol. The Balaban J connectivity index is 1.76. The lowest BCUT2D eigenvalue weighted by Crippen LogP contribution is -2.37. The van der Waals surface area contributed by atoms with E-state index in [0.29, 0.717) is 28.8 Å². The fraction of sp³-hybridized carbons (Fsp3) is 0.211. The Labute approximate surface area is 145 Å². The van der Waals surface area contributed by atoms with Crippen LogP contribution in [0.3, 0.4) is 0 Å². The van der Waals surface area contributed by atoms with Crippen molar-refractivity contribution in [1.29, 1.82) is 0 Å². The van der Waals surface area contributed by atoms with Crippen molar-refractivity contribution in [2.24, 2.45) is 0 Å². The molecule has 0 aliphatic carbocycles. The van der Waals surface area contributed by atoms with E-state index in [9.17, 15) is 10.0 Å². The first-order valence-electron chi connectivity index (χ1n) is 7.98. The number of fused-ring (bicyclic) bond motifs is 1. The Morgan fingerprint density at radius 3 is 2.72 bits per heavy atom. The van der Waals surface area contributed by atoms with Crippen molar-refractivity contribution in [2.75, 3.05) is 7.05 Å². The zero-order valence-corrected chi connectivity index (χ0v) is 14.1. The first-order chi connectivity index (χ1) is 12.1. The predicted octanol–water partition coefficient (Wildman–Crippen LogP) is 4.10. The Morgan fingerprint density at radius 1 is 1.24 bits per heavy atom. The highest BCUT2D eigenvalue weighted by Crippen LogP contribution is 2.29. The molecule has 2 aromatic carbocycles. The normalized spacial score (nSPS) is 12.0. The molecule has 0 bridgehead atoms. The third-order valence-electron chi connectivity index (χ3n) is 3.96. The second kappa shape index (κ2) is 7.27. The van der Waals surface area contributed by atoms with Gasteiger partial charge < -0.3 is 14.5 Å². The quantitative estimate of drug-likeness (QED) is 0.541. The van der Waals surface area contributed by atoms with Crippen LogP contribution in [0.25, 0.3) is 11.0 Å². The summed E-state index contributed by atoms with van der Waals surface area (Å²) in [5.74, 6) is 1.18. The number of carbonyl (C=O) groups is 1. The minimum absolute atomic E-state index is 0.470. The molecule has 1 heterocycles. The second-order valence-electron chi connectivity index (χ2n) is 5.70. The van der Waals surface area contributed by atoms with E-state index in [-0.39, 0.29) is 0 Å². The smallest absolute Gasteiger partial charge is 0.341 e. The number of rotatable bonds is 5. The number of urea groups is 1. The number of nitrogens with zero attached hydrogens (tertiary/aromatic N) is 1. The molecule has 0 spiro atoms. The van der Waals surface area contributed by atoms with Crippen molar-refractivity contribution in [2.45, 2.75) is 19.6 Å². The molecule has 3 rings (SSSR count). The molecule has 6 nitrogen and oxygen atoms in total. The third-order valence-corrected chi connectivity index (χ3v) is 3.96. The maximum Gasteiger partial charge on any atom is 0.341 e. The third kappa shape index (κ3) is 3.75.